The molecule has 1 atom stereocenters. The van der Waals surface area contributed by atoms with Gasteiger partial charge < -0.3 is 20.4 Å². The lowest BCUT2D eigenvalue weighted by Gasteiger charge is -2.15. The summed E-state index contributed by atoms with van der Waals surface area (Å²) in [5, 5.41) is 5.80. The highest BCUT2D eigenvalue weighted by atomic mass is 16.5. The third-order valence-corrected chi connectivity index (χ3v) is 4.40. The molecule has 1 aliphatic rings. The van der Waals surface area contributed by atoms with Gasteiger partial charge in [-0.2, -0.15) is 0 Å². The third kappa shape index (κ3) is 4.96. The Morgan fingerprint density at radius 2 is 2.36 bits per heavy atom. The second kappa shape index (κ2) is 8.02. The molecule has 25 heavy (non-hydrogen) atoms. The number of aryl methyl sites for hydroxylation is 1. The summed E-state index contributed by atoms with van der Waals surface area (Å²) in [5.41, 5.74) is 1.86. The van der Waals surface area contributed by atoms with Crippen LogP contribution in [0.3, 0.4) is 0 Å². The average molecular weight is 343 g/mol. The standard InChI is InChI=1S/C18H25N5O2/c1-13-19-10-16(21-13)12-23-7-6-14(11-23)9-20-18(24)22-15-4-3-5-17(8-15)25-2/h3-5,8,10,14H,6-7,9,11-12H2,1-2H3,(H,19,21)(H2,20,22,24)/t14-/m0/s1. The number of imidazole rings is 1. The number of nitrogens with one attached hydrogen (secondary N) is 3. The molecular formula is C18H25N5O2. The number of hydrogen-bond donors (Lipinski definition) is 3. The number of methoxy groups -OCH3 is 1. The minimum absolute atomic E-state index is 0.184. The first-order chi connectivity index (χ1) is 12.1. The summed E-state index contributed by atoms with van der Waals surface area (Å²) in [6.07, 6.45) is 2.98. The van der Waals surface area contributed by atoms with Crippen LogP contribution in [0.1, 0.15) is 17.9 Å². The van der Waals surface area contributed by atoms with E-state index < -0.39 is 0 Å². The zero-order chi connectivity index (χ0) is 17.6. The van der Waals surface area contributed by atoms with E-state index in [9.17, 15) is 4.79 Å². The van der Waals surface area contributed by atoms with Crippen LogP contribution in [-0.4, -0.2) is 47.6 Å². The fourth-order valence-corrected chi connectivity index (χ4v) is 3.13. The van der Waals surface area contributed by atoms with Crippen LogP contribution in [0.4, 0.5) is 10.5 Å². The number of nitrogens with zero attached hydrogens (tertiary/aromatic N) is 2. The molecule has 2 aromatic rings. The molecule has 134 valence electrons. The van der Waals surface area contributed by atoms with Crippen LogP contribution in [0, 0.1) is 12.8 Å². The highest BCUT2D eigenvalue weighted by molar-refractivity contribution is 5.89. The highest BCUT2D eigenvalue weighted by Gasteiger charge is 2.23. The molecule has 1 aromatic heterocycles. The third-order valence-electron chi connectivity index (χ3n) is 4.40. The van der Waals surface area contributed by atoms with E-state index >= 15 is 0 Å². The minimum Gasteiger partial charge on any atom is -0.497 e. The maximum absolute atomic E-state index is 12.1. The van der Waals surface area contributed by atoms with Gasteiger partial charge in [0.05, 0.1) is 7.11 Å². The normalized spacial score (nSPS) is 17.4. The van der Waals surface area contributed by atoms with Crippen molar-refractivity contribution in [2.24, 2.45) is 5.92 Å². The number of rotatable bonds is 6. The fraction of sp³-hybridized carbons (Fsp3) is 0.444. The van der Waals surface area contributed by atoms with Crippen molar-refractivity contribution in [3.8, 4) is 5.75 Å². The Balaban J connectivity index is 1.40. The number of H-pyrrole nitrogens is 1. The van der Waals surface area contributed by atoms with Crippen molar-refractivity contribution in [3.05, 3.63) is 42.0 Å². The van der Waals surface area contributed by atoms with Crippen LogP contribution in [0.2, 0.25) is 0 Å². The Labute approximate surface area is 147 Å². The molecule has 7 nitrogen and oxygen atoms in total. The van der Waals surface area contributed by atoms with E-state index in [1.54, 1.807) is 13.2 Å². The summed E-state index contributed by atoms with van der Waals surface area (Å²) < 4.78 is 5.16. The van der Waals surface area contributed by atoms with E-state index in [4.69, 9.17) is 4.74 Å². The number of urea groups is 1. The molecular weight excluding hydrogens is 318 g/mol. The van der Waals surface area contributed by atoms with Crippen molar-refractivity contribution in [1.29, 1.82) is 0 Å². The first-order valence-electron chi connectivity index (χ1n) is 8.54. The molecule has 0 saturated carbocycles. The molecule has 1 aliphatic heterocycles. The molecule has 1 fully saturated rings. The lowest BCUT2D eigenvalue weighted by atomic mass is 10.1. The van der Waals surface area contributed by atoms with Crippen molar-refractivity contribution < 1.29 is 9.53 Å². The SMILES string of the molecule is COc1cccc(NC(=O)NC[C@@H]2CCN(Cc3cnc(C)[nH]3)C2)c1. The molecule has 3 N–H and O–H groups in total. The van der Waals surface area contributed by atoms with Crippen LogP contribution in [-0.2, 0) is 6.54 Å². The topological polar surface area (TPSA) is 82.3 Å². The summed E-state index contributed by atoms with van der Waals surface area (Å²) >= 11 is 0. The van der Waals surface area contributed by atoms with E-state index in [1.807, 2.05) is 31.3 Å². The number of carbonyl (C=O) groups excluding carboxylic acids is 1. The molecule has 0 radical (unpaired) electrons. The van der Waals surface area contributed by atoms with Crippen molar-refractivity contribution in [2.45, 2.75) is 19.9 Å². The number of likely N-dealkylation sites (tertiary alicyclic amines) is 1. The van der Waals surface area contributed by atoms with Crippen molar-refractivity contribution in [2.75, 3.05) is 32.1 Å². The van der Waals surface area contributed by atoms with E-state index in [2.05, 4.69) is 25.5 Å². The van der Waals surface area contributed by atoms with Gasteiger partial charge in [-0.1, -0.05) is 6.07 Å². The van der Waals surface area contributed by atoms with Gasteiger partial charge in [0.25, 0.3) is 0 Å². The Morgan fingerprint density at radius 3 is 3.12 bits per heavy atom. The minimum atomic E-state index is -0.184. The van der Waals surface area contributed by atoms with Gasteiger partial charge in [0.1, 0.15) is 11.6 Å². The predicted molar refractivity (Wildman–Crippen MR) is 96.7 cm³/mol. The van der Waals surface area contributed by atoms with Crippen LogP contribution < -0.4 is 15.4 Å². The molecule has 7 heteroatoms. The maximum atomic E-state index is 12.1. The van der Waals surface area contributed by atoms with Gasteiger partial charge >= 0.3 is 6.03 Å². The Bertz CT molecular complexity index is 715. The van der Waals surface area contributed by atoms with E-state index in [-0.39, 0.29) is 6.03 Å². The maximum Gasteiger partial charge on any atom is 0.319 e. The van der Waals surface area contributed by atoms with Gasteiger partial charge in [-0.25, -0.2) is 9.78 Å². The molecule has 0 unspecified atom stereocenters. The number of amides is 2. The Morgan fingerprint density at radius 1 is 1.48 bits per heavy atom. The molecule has 3 rings (SSSR count). The van der Waals surface area contributed by atoms with Crippen LogP contribution in [0.15, 0.2) is 30.5 Å². The summed E-state index contributed by atoms with van der Waals surface area (Å²) in [4.78, 5) is 21.9. The highest BCUT2D eigenvalue weighted by Crippen LogP contribution is 2.18. The summed E-state index contributed by atoms with van der Waals surface area (Å²) in [7, 11) is 1.61. The van der Waals surface area contributed by atoms with Crippen LogP contribution >= 0.6 is 0 Å². The van der Waals surface area contributed by atoms with Crippen molar-refractivity contribution in [3.63, 3.8) is 0 Å². The fourth-order valence-electron chi connectivity index (χ4n) is 3.13. The number of ether oxygens (including phenoxy) is 1. The molecule has 1 saturated heterocycles. The predicted octanol–water partition coefficient (Wildman–Crippen LogP) is 2.37. The smallest absolute Gasteiger partial charge is 0.319 e. The number of carbonyl (C=O) groups is 1. The van der Waals surface area contributed by atoms with Crippen LogP contribution in [0.5, 0.6) is 5.75 Å². The summed E-state index contributed by atoms with van der Waals surface area (Å²) in [6.45, 7) is 5.54. The Kier molecular flexibility index (Phi) is 5.55. The van der Waals surface area contributed by atoms with Crippen molar-refractivity contribution >= 4 is 11.7 Å². The van der Waals surface area contributed by atoms with Gasteiger partial charge in [-0.3, -0.25) is 4.90 Å². The first kappa shape index (κ1) is 17.3. The molecule has 0 spiro atoms. The molecule has 1 aromatic carbocycles. The Hall–Kier alpha value is -2.54. The molecule has 2 amide bonds. The van der Waals surface area contributed by atoms with E-state index in [0.29, 0.717) is 12.5 Å². The van der Waals surface area contributed by atoms with Gasteiger partial charge in [0, 0.05) is 43.3 Å². The second-order valence-corrected chi connectivity index (χ2v) is 6.45. The lowest BCUT2D eigenvalue weighted by Crippen LogP contribution is -2.34. The second-order valence-electron chi connectivity index (χ2n) is 6.45. The number of aromatic nitrogens is 2. The monoisotopic (exact) mass is 343 g/mol. The zero-order valence-corrected chi connectivity index (χ0v) is 14.7. The quantitative estimate of drug-likeness (QED) is 0.752. The summed E-state index contributed by atoms with van der Waals surface area (Å²) in [5.74, 6) is 2.14. The first-order valence-corrected chi connectivity index (χ1v) is 8.54. The van der Waals surface area contributed by atoms with Crippen LogP contribution in [0.25, 0.3) is 0 Å². The van der Waals surface area contributed by atoms with Gasteiger partial charge in [-0.05, 0) is 37.9 Å². The van der Waals surface area contributed by atoms with Gasteiger partial charge in [0.2, 0.25) is 0 Å². The van der Waals surface area contributed by atoms with Crippen molar-refractivity contribution in [1.82, 2.24) is 20.2 Å². The number of benzene rings is 1. The lowest BCUT2D eigenvalue weighted by molar-refractivity contribution is 0.249. The van der Waals surface area contributed by atoms with E-state index in [1.165, 1.54) is 0 Å². The molecule has 2 heterocycles. The largest absolute Gasteiger partial charge is 0.497 e. The van der Waals surface area contributed by atoms with Gasteiger partial charge in [-0.15, -0.1) is 0 Å². The molecule has 0 bridgehead atoms. The average Bonchev–Trinajstić information content (AvgIpc) is 3.22. The molecule has 0 aliphatic carbocycles. The van der Waals surface area contributed by atoms with E-state index in [0.717, 1.165) is 49.0 Å². The number of aromatic amines is 1. The number of anilines is 1. The number of hydrogen-bond acceptors (Lipinski definition) is 4. The van der Waals surface area contributed by atoms with Gasteiger partial charge in [0.15, 0.2) is 0 Å². The zero-order valence-electron chi connectivity index (χ0n) is 14.7. The summed E-state index contributed by atoms with van der Waals surface area (Å²) in [6, 6.07) is 7.14.